The molecule has 2 aromatic carbocycles. The van der Waals surface area contributed by atoms with Gasteiger partial charge in [-0.05, 0) is 24.3 Å². The summed E-state index contributed by atoms with van der Waals surface area (Å²) in [4.78, 5) is 12.3. The summed E-state index contributed by atoms with van der Waals surface area (Å²) in [7, 11) is 4.49. The lowest BCUT2D eigenvalue weighted by Gasteiger charge is -2.13. The Bertz CT molecular complexity index is 636. The van der Waals surface area contributed by atoms with Crippen LogP contribution in [0.3, 0.4) is 0 Å². The third-order valence-corrected chi connectivity index (χ3v) is 2.89. The van der Waals surface area contributed by atoms with Crippen molar-refractivity contribution < 1.29 is 23.7 Å². The number of carbonyl (C=O) groups excluding carboxylic acids is 1. The van der Waals surface area contributed by atoms with E-state index in [-0.39, 0.29) is 5.56 Å². The summed E-state index contributed by atoms with van der Waals surface area (Å²) in [6, 6.07) is 11.9. The van der Waals surface area contributed by atoms with Crippen molar-refractivity contribution in [1.82, 2.24) is 0 Å². The second-order valence-electron chi connectivity index (χ2n) is 4.08. The molecular weight excluding hydrogens is 272 g/mol. The third kappa shape index (κ3) is 3.08. The summed E-state index contributed by atoms with van der Waals surface area (Å²) in [5.41, 5.74) is 0.280. The van der Waals surface area contributed by atoms with Crippen LogP contribution in [0.15, 0.2) is 42.5 Å². The molecule has 0 atom stereocenters. The minimum atomic E-state index is -0.546. The van der Waals surface area contributed by atoms with Gasteiger partial charge in [-0.25, -0.2) is 4.79 Å². The van der Waals surface area contributed by atoms with E-state index >= 15 is 0 Å². The Balaban J connectivity index is 2.33. The topological polar surface area (TPSA) is 54.0 Å². The minimum Gasteiger partial charge on any atom is -0.493 e. The lowest BCUT2D eigenvalue weighted by Crippen LogP contribution is -2.11. The van der Waals surface area contributed by atoms with E-state index in [2.05, 4.69) is 0 Å². The third-order valence-electron chi connectivity index (χ3n) is 2.89. The number of hydrogen-bond acceptors (Lipinski definition) is 5. The van der Waals surface area contributed by atoms with Crippen LogP contribution in [0, 0.1) is 0 Å². The van der Waals surface area contributed by atoms with Gasteiger partial charge >= 0.3 is 5.97 Å². The van der Waals surface area contributed by atoms with Crippen molar-refractivity contribution in [2.45, 2.75) is 0 Å². The average molecular weight is 288 g/mol. The van der Waals surface area contributed by atoms with Gasteiger partial charge in [0.15, 0.2) is 23.0 Å². The normalized spacial score (nSPS) is 9.86. The van der Waals surface area contributed by atoms with Crippen LogP contribution in [0.25, 0.3) is 0 Å². The summed E-state index contributed by atoms with van der Waals surface area (Å²) >= 11 is 0. The van der Waals surface area contributed by atoms with Crippen molar-refractivity contribution >= 4 is 5.97 Å². The van der Waals surface area contributed by atoms with Gasteiger partial charge in [0.2, 0.25) is 0 Å². The second-order valence-corrected chi connectivity index (χ2v) is 4.08. The molecule has 2 rings (SSSR count). The minimum absolute atomic E-state index is 0.280. The fourth-order valence-corrected chi connectivity index (χ4v) is 1.91. The smallest absolute Gasteiger partial charge is 0.347 e. The molecule has 0 spiro atoms. The number of ether oxygens (including phenoxy) is 4. The van der Waals surface area contributed by atoms with Crippen LogP contribution in [0.2, 0.25) is 0 Å². The molecule has 0 saturated carbocycles. The lowest BCUT2D eigenvalue weighted by atomic mass is 10.2. The van der Waals surface area contributed by atoms with E-state index in [4.69, 9.17) is 18.9 Å². The first-order valence-electron chi connectivity index (χ1n) is 6.27. The van der Waals surface area contributed by atoms with Gasteiger partial charge < -0.3 is 18.9 Å². The number of methoxy groups -OCH3 is 3. The van der Waals surface area contributed by atoms with E-state index in [1.807, 2.05) is 0 Å². The van der Waals surface area contributed by atoms with Gasteiger partial charge in [-0.1, -0.05) is 18.2 Å². The Morgan fingerprint density at radius 2 is 1.38 bits per heavy atom. The van der Waals surface area contributed by atoms with Crippen molar-refractivity contribution in [3.05, 3.63) is 48.0 Å². The molecule has 0 aliphatic rings. The van der Waals surface area contributed by atoms with Crippen LogP contribution in [0.5, 0.6) is 23.0 Å². The standard InChI is InChI=1S/C16H16O5/c1-18-12-8-4-5-9-13(12)21-16(17)11-7-6-10-14(19-2)15(11)20-3/h4-10H,1-3H3. The first kappa shape index (κ1) is 14.7. The molecule has 0 amide bonds. The van der Waals surface area contributed by atoms with Crippen LogP contribution in [-0.4, -0.2) is 27.3 Å². The van der Waals surface area contributed by atoms with E-state index in [9.17, 15) is 4.79 Å². The fourth-order valence-electron chi connectivity index (χ4n) is 1.91. The van der Waals surface area contributed by atoms with E-state index in [1.54, 1.807) is 42.5 Å². The van der Waals surface area contributed by atoms with E-state index < -0.39 is 5.97 Å². The lowest BCUT2D eigenvalue weighted by molar-refractivity contribution is 0.0725. The van der Waals surface area contributed by atoms with Crippen molar-refractivity contribution in [1.29, 1.82) is 0 Å². The van der Waals surface area contributed by atoms with Gasteiger partial charge in [0.1, 0.15) is 5.56 Å². The van der Waals surface area contributed by atoms with Crippen LogP contribution >= 0.6 is 0 Å². The Kier molecular flexibility index (Phi) is 4.66. The Hall–Kier alpha value is -2.69. The van der Waals surface area contributed by atoms with Gasteiger partial charge in [-0.2, -0.15) is 0 Å². The molecule has 110 valence electrons. The van der Waals surface area contributed by atoms with E-state index in [0.29, 0.717) is 23.0 Å². The van der Waals surface area contributed by atoms with E-state index in [1.165, 1.54) is 21.3 Å². The highest BCUT2D eigenvalue weighted by Gasteiger charge is 2.19. The summed E-state index contributed by atoms with van der Waals surface area (Å²) < 4.78 is 20.9. The number of rotatable bonds is 5. The molecular formula is C16H16O5. The summed E-state index contributed by atoms with van der Waals surface area (Å²) in [6.45, 7) is 0. The Morgan fingerprint density at radius 1 is 0.762 bits per heavy atom. The van der Waals surface area contributed by atoms with Crippen molar-refractivity contribution in [2.24, 2.45) is 0 Å². The molecule has 0 aliphatic heterocycles. The van der Waals surface area contributed by atoms with Crippen LogP contribution in [0.1, 0.15) is 10.4 Å². The Labute approximate surface area is 123 Å². The number of esters is 1. The SMILES string of the molecule is COc1ccccc1OC(=O)c1cccc(OC)c1OC. The molecule has 2 aromatic rings. The van der Waals surface area contributed by atoms with Crippen molar-refractivity contribution in [2.75, 3.05) is 21.3 Å². The zero-order chi connectivity index (χ0) is 15.2. The second kappa shape index (κ2) is 6.65. The number of para-hydroxylation sites is 3. The highest BCUT2D eigenvalue weighted by Crippen LogP contribution is 2.33. The highest BCUT2D eigenvalue weighted by atomic mass is 16.6. The van der Waals surface area contributed by atoms with Crippen LogP contribution in [0.4, 0.5) is 0 Å². The molecule has 0 heterocycles. The predicted octanol–water partition coefficient (Wildman–Crippen LogP) is 2.93. The van der Waals surface area contributed by atoms with Gasteiger partial charge in [0.05, 0.1) is 21.3 Å². The van der Waals surface area contributed by atoms with E-state index in [0.717, 1.165) is 0 Å². The molecule has 0 bridgehead atoms. The number of benzene rings is 2. The maximum atomic E-state index is 12.3. The highest BCUT2D eigenvalue weighted by molar-refractivity contribution is 5.95. The molecule has 0 N–H and O–H groups in total. The maximum Gasteiger partial charge on any atom is 0.347 e. The fraction of sp³-hybridized carbons (Fsp3) is 0.188. The quantitative estimate of drug-likeness (QED) is 0.625. The Morgan fingerprint density at radius 3 is 2.00 bits per heavy atom. The van der Waals surface area contributed by atoms with Gasteiger partial charge in [0.25, 0.3) is 0 Å². The molecule has 5 nitrogen and oxygen atoms in total. The van der Waals surface area contributed by atoms with Crippen LogP contribution in [-0.2, 0) is 0 Å². The number of hydrogen-bond donors (Lipinski definition) is 0. The first-order valence-corrected chi connectivity index (χ1v) is 6.27. The zero-order valence-corrected chi connectivity index (χ0v) is 12.1. The zero-order valence-electron chi connectivity index (χ0n) is 12.1. The summed E-state index contributed by atoms with van der Waals surface area (Å²) in [5.74, 6) is 1.07. The largest absolute Gasteiger partial charge is 0.493 e. The van der Waals surface area contributed by atoms with Gasteiger partial charge in [0, 0.05) is 0 Å². The molecule has 0 unspecified atom stereocenters. The van der Waals surface area contributed by atoms with Crippen LogP contribution < -0.4 is 18.9 Å². The summed E-state index contributed by atoms with van der Waals surface area (Å²) in [6.07, 6.45) is 0. The van der Waals surface area contributed by atoms with Crippen molar-refractivity contribution in [3.63, 3.8) is 0 Å². The average Bonchev–Trinajstić information content (AvgIpc) is 2.54. The molecule has 0 aromatic heterocycles. The molecule has 0 aliphatic carbocycles. The maximum absolute atomic E-state index is 12.3. The molecule has 0 saturated heterocycles. The predicted molar refractivity (Wildman–Crippen MR) is 77.5 cm³/mol. The molecule has 21 heavy (non-hydrogen) atoms. The van der Waals surface area contributed by atoms with Gasteiger partial charge in [-0.3, -0.25) is 0 Å². The molecule has 5 heteroatoms. The number of carbonyl (C=O) groups is 1. The summed E-state index contributed by atoms with van der Waals surface area (Å²) in [5, 5.41) is 0. The monoisotopic (exact) mass is 288 g/mol. The van der Waals surface area contributed by atoms with Crippen molar-refractivity contribution in [3.8, 4) is 23.0 Å². The molecule has 0 radical (unpaired) electrons. The van der Waals surface area contributed by atoms with Gasteiger partial charge in [-0.15, -0.1) is 0 Å². The molecule has 0 fully saturated rings. The first-order chi connectivity index (χ1) is 10.2.